The van der Waals surface area contributed by atoms with E-state index in [9.17, 15) is 14.7 Å². The second-order valence-corrected chi connectivity index (χ2v) is 6.63. The highest BCUT2D eigenvalue weighted by atomic mass is 16.7. The molecule has 0 radical (unpaired) electrons. The Balaban J connectivity index is 2.16. The summed E-state index contributed by atoms with van der Waals surface area (Å²) in [6.07, 6.45) is 0.729. The summed E-state index contributed by atoms with van der Waals surface area (Å²) >= 11 is 0. The van der Waals surface area contributed by atoms with Crippen molar-refractivity contribution in [3.8, 4) is 0 Å². The number of aliphatic carboxylic acids is 1. The van der Waals surface area contributed by atoms with E-state index in [0.717, 1.165) is 5.56 Å². The molecule has 0 bridgehead atoms. The summed E-state index contributed by atoms with van der Waals surface area (Å²) in [6.45, 7) is 5.72. The number of benzene rings is 1. The number of carbonyl (C=O) groups excluding carboxylic acids is 1. The largest absolute Gasteiger partial charge is 0.479 e. The number of hydrogen-bond acceptors (Lipinski definition) is 5. The lowest BCUT2D eigenvalue weighted by Gasteiger charge is -2.34. The number of hydroxylamine groups is 2. The van der Waals surface area contributed by atoms with Crippen LogP contribution < -0.4 is 0 Å². The highest BCUT2D eigenvalue weighted by molar-refractivity contribution is 6.04. The molecule has 1 fully saturated rings. The predicted molar refractivity (Wildman–Crippen MR) is 83.4 cm³/mol. The van der Waals surface area contributed by atoms with E-state index >= 15 is 0 Å². The third-order valence-electron chi connectivity index (χ3n) is 3.65. The van der Waals surface area contributed by atoms with Gasteiger partial charge in [-0.2, -0.15) is 5.06 Å². The van der Waals surface area contributed by atoms with Crippen LogP contribution in [0.15, 0.2) is 30.3 Å². The number of carboxylic acids is 1. The highest BCUT2D eigenvalue weighted by Crippen LogP contribution is 2.33. The Morgan fingerprint density at radius 2 is 1.91 bits per heavy atom. The molecular weight excluding hydrogens is 298 g/mol. The average Bonchev–Trinajstić information content (AvgIpc) is 2.89. The van der Waals surface area contributed by atoms with E-state index in [1.807, 2.05) is 30.3 Å². The fourth-order valence-corrected chi connectivity index (χ4v) is 2.56. The summed E-state index contributed by atoms with van der Waals surface area (Å²) < 4.78 is 5.33. The molecule has 23 heavy (non-hydrogen) atoms. The number of rotatable bonds is 5. The summed E-state index contributed by atoms with van der Waals surface area (Å²) in [4.78, 5) is 30.0. The van der Waals surface area contributed by atoms with E-state index in [-0.39, 0.29) is 13.0 Å². The molecule has 0 saturated carbocycles. The van der Waals surface area contributed by atoms with E-state index in [4.69, 9.17) is 9.57 Å². The van der Waals surface area contributed by atoms with Crippen molar-refractivity contribution in [2.45, 2.75) is 51.4 Å². The molecule has 1 aliphatic heterocycles. The minimum Gasteiger partial charge on any atom is -0.479 e. The van der Waals surface area contributed by atoms with Crippen LogP contribution in [0.3, 0.4) is 0 Å². The van der Waals surface area contributed by atoms with Crippen LogP contribution in [0.1, 0.15) is 39.2 Å². The fourth-order valence-electron chi connectivity index (χ4n) is 2.56. The molecule has 6 heteroatoms. The van der Waals surface area contributed by atoms with Crippen LogP contribution >= 0.6 is 0 Å². The number of esters is 1. The van der Waals surface area contributed by atoms with Gasteiger partial charge in [0.05, 0.1) is 6.61 Å². The Morgan fingerprint density at radius 3 is 2.48 bits per heavy atom. The minimum atomic E-state index is -1.78. The first-order chi connectivity index (χ1) is 10.8. The van der Waals surface area contributed by atoms with Gasteiger partial charge in [0.2, 0.25) is 5.54 Å². The Labute approximate surface area is 135 Å². The molecule has 1 N–H and O–H groups in total. The van der Waals surface area contributed by atoms with Gasteiger partial charge in [0.25, 0.3) is 0 Å². The molecule has 1 heterocycles. The molecule has 1 saturated heterocycles. The summed E-state index contributed by atoms with van der Waals surface area (Å²) in [5.74, 6) is -2.01. The van der Waals surface area contributed by atoms with E-state index in [1.165, 1.54) is 5.06 Å². The predicted octanol–water partition coefficient (Wildman–Crippen LogP) is 2.38. The number of carbonyl (C=O) groups is 2. The number of hydrogen-bond donors (Lipinski definition) is 1. The maximum Gasteiger partial charge on any atom is 0.341 e. The van der Waals surface area contributed by atoms with Crippen molar-refractivity contribution in [3.63, 3.8) is 0 Å². The molecular formula is C17H23NO5. The zero-order valence-electron chi connectivity index (χ0n) is 13.7. The lowest BCUT2D eigenvalue weighted by Crippen LogP contribution is -2.58. The molecule has 0 aromatic heterocycles. The fraction of sp³-hybridized carbons (Fsp3) is 0.529. The van der Waals surface area contributed by atoms with Gasteiger partial charge in [-0.05, 0) is 39.2 Å². The second-order valence-electron chi connectivity index (χ2n) is 6.63. The van der Waals surface area contributed by atoms with Crippen LogP contribution in [0.5, 0.6) is 0 Å². The Bertz CT molecular complexity index is 566. The lowest BCUT2D eigenvalue weighted by atomic mass is 9.97. The molecule has 0 spiro atoms. The van der Waals surface area contributed by atoms with Crippen molar-refractivity contribution in [3.05, 3.63) is 35.9 Å². The van der Waals surface area contributed by atoms with Gasteiger partial charge in [-0.3, -0.25) is 4.84 Å². The normalized spacial score (nSPS) is 22.0. The van der Waals surface area contributed by atoms with Gasteiger partial charge in [-0.1, -0.05) is 30.3 Å². The maximum atomic E-state index is 12.5. The van der Waals surface area contributed by atoms with Crippen LogP contribution in [0.2, 0.25) is 0 Å². The summed E-state index contributed by atoms with van der Waals surface area (Å²) in [7, 11) is 0. The minimum absolute atomic E-state index is 0.173. The maximum absolute atomic E-state index is 12.5. The highest BCUT2D eigenvalue weighted by Gasteiger charge is 2.57. The molecule has 0 unspecified atom stereocenters. The van der Waals surface area contributed by atoms with Crippen LogP contribution in [-0.2, 0) is 25.8 Å². The van der Waals surface area contributed by atoms with Gasteiger partial charge >= 0.3 is 11.9 Å². The van der Waals surface area contributed by atoms with Gasteiger partial charge in [-0.15, -0.1) is 0 Å². The van der Waals surface area contributed by atoms with Crippen LogP contribution in [-0.4, -0.2) is 39.8 Å². The Morgan fingerprint density at radius 1 is 1.26 bits per heavy atom. The second kappa shape index (κ2) is 6.68. The lowest BCUT2D eigenvalue weighted by molar-refractivity contribution is -0.232. The number of carboxylic acid groups (broad SMARTS) is 1. The van der Waals surface area contributed by atoms with E-state index < -0.39 is 23.1 Å². The molecule has 126 valence electrons. The molecule has 6 nitrogen and oxygen atoms in total. The summed E-state index contributed by atoms with van der Waals surface area (Å²) in [5, 5.41) is 10.9. The van der Waals surface area contributed by atoms with Crippen LogP contribution in [0, 0.1) is 0 Å². The van der Waals surface area contributed by atoms with Crippen molar-refractivity contribution in [2.75, 3.05) is 6.54 Å². The van der Waals surface area contributed by atoms with Crippen LogP contribution in [0.25, 0.3) is 0 Å². The third kappa shape index (κ3) is 3.89. The van der Waals surface area contributed by atoms with Gasteiger partial charge in [0.1, 0.15) is 5.60 Å². The van der Waals surface area contributed by atoms with Crippen molar-refractivity contribution >= 4 is 11.9 Å². The van der Waals surface area contributed by atoms with Crippen molar-refractivity contribution in [2.24, 2.45) is 0 Å². The zero-order valence-corrected chi connectivity index (χ0v) is 13.7. The molecule has 1 aromatic rings. The first kappa shape index (κ1) is 17.4. The van der Waals surface area contributed by atoms with E-state index in [2.05, 4.69) is 0 Å². The number of ether oxygens (including phenoxy) is 1. The molecule has 1 aliphatic rings. The summed E-state index contributed by atoms with van der Waals surface area (Å²) in [5.41, 5.74) is -1.63. The number of nitrogens with zero attached hydrogens (tertiary/aromatic N) is 1. The molecule has 1 atom stereocenters. The topological polar surface area (TPSA) is 76.1 Å². The first-order valence-corrected chi connectivity index (χ1v) is 7.67. The van der Waals surface area contributed by atoms with Crippen molar-refractivity contribution in [1.82, 2.24) is 5.06 Å². The van der Waals surface area contributed by atoms with E-state index in [1.54, 1.807) is 20.8 Å². The van der Waals surface area contributed by atoms with Crippen molar-refractivity contribution in [1.29, 1.82) is 0 Å². The van der Waals surface area contributed by atoms with Gasteiger partial charge in [0.15, 0.2) is 0 Å². The molecule has 0 aliphatic carbocycles. The molecule has 1 aromatic carbocycles. The first-order valence-electron chi connectivity index (χ1n) is 7.67. The van der Waals surface area contributed by atoms with Crippen molar-refractivity contribution < 1.29 is 24.3 Å². The average molecular weight is 321 g/mol. The quantitative estimate of drug-likeness (QED) is 0.663. The van der Waals surface area contributed by atoms with Gasteiger partial charge in [0, 0.05) is 6.54 Å². The Hall–Kier alpha value is -1.92. The summed E-state index contributed by atoms with van der Waals surface area (Å²) in [6, 6.07) is 9.40. The van der Waals surface area contributed by atoms with E-state index in [0.29, 0.717) is 13.0 Å². The van der Waals surface area contributed by atoms with Crippen LogP contribution in [0.4, 0.5) is 0 Å². The SMILES string of the molecule is CC(C)(C)OC(=O)[C@@]1(C(=O)O)CCCN1OCc1ccccc1. The molecule has 0 amide bonds. The third-order valence-corrected chi connectivity index (χ3v) is 3.65. The molecule has 2 rings (SSSR count). The Kier molecular flexibility index (Phi) is 5.06. The van der Waals surface area contributed by atoms with Gasteiger partial charge < -0.3 is 9.84 Å². The standard InChI is InChI=1S/C17H23NO5/c1-16(2,3)23-15(21)17(14(19)20)10-7-11-18(17)22-12-13-8-5-4-6-9-13/h4-6,8-9H,7,10-12H2,1-3H3,(H,19,20)/t17-/m0/s1. The zero-order chi connectivity index (χ0) is 17.1. The smallest absolute Gasteiger partial charge is 0.341 e. The van der Waals surface area contributed by atoms with Gasteiger partial charge in [-0.25, -0.2) is 9.59 Å². The monoisotopic (exact) mass is 321 g/mol.